The molecule has 86 valence electrons. The molecule has 3 nitrogen and oxygen atoms in total. The van der Waals surface area contributed by atoms with E-state index in [1.807, 2.05) is 19.9 Å². The Labute approximate surface area is 99.1 Å². The van der Waals surface area contributed by atoms with Crippen LogP contribution >= 0.6 is 0 Å². The quantitative estimate of drug-likeness (QED) is 0.504. The number of ether oxygens (including phenoxy) is 1. The van der Waals surface area contributed by atoms with Gasteiger partial charge in [0.25, 0.3) is 0 Å². The summed E-state index contributed by atoms with van der Waals surface area (Å²) in [7, 11) is 0. The van der Waals surface area contributed by atoms with E-state index in [9.17, 15) is 9.59 Å². The number of hydrogen-bond acceptors (Lipinski definition) is 3. The Kier molecular flexibility index (Phi) is 1.99. The Hall–Kier alpha value is -1.90. The maximum Gasteiger partial charge on any atom is 0.347 e. The smallest absolute Gasteiger partial charge is 0.347 e. The molecule has 0 radical (unpaired) electrons. The summed E-state index contributed by atoms with van der Waals surface area (Å²) in [5, 5.41) is 0. The molecule has 0 spiro atoms. The number of rotatable bonds is 0. The van der Waals surface area contributed by atoms with Crippen molar-refractivity contribution in [3.8, 4) is 0 Å². The molecular weight excluding hydrogens is 216 g/mol. The summed E-state index contributed by atoms with van der Waals surface area (Å²) < 4.78 is 4.69. The molecule has 0 aromatic heterocycles. The lowest BCUT2D eigenvalue weighted by atomic mass is 9.83. The molecule has 3 heteroatoms. The Bertz CT molecular complexity index is 594. The van der Waals surface area contributed by atoms with Gasteiger partial charge in [-0.05, 0) is 43.4 Å². The van der Waals surface area contributed by atoms with E-state index in [1.54, 1.807) is 0 Å². The molecule has 0 saturated carbocycles. The van der Waals surface area contributed by atoms with Gasteiger partial charge < -0.3 is 4.74 Å². The van der Waals surface area contributed by atoms with Gasteiger partial charge in [0.1, 0.15) is 0 Å². The third kappa shape index (κ3) is 1.35. The summed E-state index contributed by atoms with van der Waals surface area (Å²) in [6.07, 6.45) is 1.42. The number of esters is 2. The lowest BCUT2D eigenvalue weighted by molar-refractivity contribution is -0.150. The fourth-order valence-corrected chi connectivity index (χ4v) is 2.72. The molecule has 0 atom stereocenters. The predicted molar refractivity (Wildman–Crippen MR) is 62.3 cm³/mol. The Morgan fingerprint density at radius 3 is 2.59 bits per heavy atom. The molecule has 1 aromatic rings. The van der Waals surface area contributed by atoms with Crippen molar-refractivity contribution in [1.29, 1.82) is 0 Å². The second-order valence-electron chi connectivity index (χ2n) is 4.64. The number of hydrogen-bond donors (Lipinski definition) is 0. The van der Waals surface area contributed by atoms with Gasteiger partial charge in [0, 0.05) is 0 Å². The fraction of sp³-hybridized carbons (Fsp3) is 0.286. The van der Waals surface area contributed by atoms with Crippen molar-refractivity contribution in [3.63, 3.8) is 0 Å². The molecule has 17 heavy (non-hydrogen) atoms. The Morgan fingerprint density at radius 2 is 1.82 bits per heavy atom. The number of carbonyl (C=O) groups excluding carboxylic acids is 2. The van der Waals surface area contributed by atoms with Gasteiger partial charge >= 0.3 is 11.9 Å². The molecule has 0 bridgehead atoms. The fourth-order valence-electron chi connectivity index (χ4n) is 2.72. The summed E-state index contributed by atoms with van der Waals surface area (Å²) >= 11 is 0. The lowest BCUT2D eigenvalue weighted by Gasteiger charge is -2.18. The van der Waals surface area contributed by atoms with E-state index in [0.29, 0.717) is 17.6 Å². The predicted octanol–water partition coefficient (Wildman–Crippen LogP) is 2.09. The molecule has 2 aliphatic rings. The van der Waals surface area contributed by atoms with Crippen molar-refractivity contribution in [1.82, 2.24) is 0 Å². The topological polar surface area (TPSA) is 43.4 Å². The minimum absolute atomic E-state index is 0.463. The third-order valence-electron chi connectivity index (χ3n) is 3.45. The molecule has 3 rings (SSSR count). The number of benzene rings is 1. The first-order chi connectivity index (χ1) is 8.08. The number of carbonyl (C=O) groups is 2. The largest absolute Gasteiger partial charge is 0.386 e. The molecule has 0 saturated heterocycles. The molecule has 0 unspecified atom stereocenters. The summed E-state index contributed by atoms with van der Waals surface area (Å²) in [6, 6.07) is 4.07. The van der Waals surface area contributed by atoms with Crippen LogP contribution in [0.4, 0.5) is 0 Å². The number of cyclic esters (lactones) is 2. The van der Waals surface area contributed by atoms with Crippen LogP contribution in [-0.2, 0) is 20.7 Å². The number of fused-ring (bicyclic) bond motifs is 2. The highest BCUT2D eigenvalue weighted by atomic mass is 16.6. The van der Waals surface area contributed by atoms with Crippen LogP contribution in [0.3, 0.4) is 0 Å². The van der Waals surface area contributed by atoms with Crippen molar-refractivity contribution in [2.24, 2.45) is 0 Å². The van der Waals surface area contributed by atoms with Crippen LogP contribution in [0.5, 0.6) is 0 Å². The number of aryl methyl sites for hydroxylation is 2. The van der Waals surface area contributed by atoms with Gasteiger partial charge in [0.05, 0.1) is 11.1 Å². The first-order valence-corrected chi connectivity index (χ1v) is 5.68. The van der Waals surface area contributed by atoms with Crippen LogP contribution in [0.1, 0.15) is 28.7 Å². The van der Waals surface area contributed by atoms with Gasteiger partial charge in [0.15, 0.2) is 0 Å². The van der Waals surface area contributed by atoms with Crippen LogP contribution in [0.2, 0.25) is 0 Å². The Balaban J connectivity index is 2.30. The van der Waals surface area contributed by atoms with E-state index in [0.717, 1.165) is 17.5 Å². The van der Waals surface area contributed by atoms with Crippen LogP contribution in [0.15, 0.2) is 17.7 Å². The summed E-state index contributed by atoms with van der Waals surface area (Å²) in [4.78, 5) is 23.2. The SMILES string of the molecule is Cc1cc(C)c2c(c1)C1=C(CC2)C(=O)OC1=O. The molecule has 0 N–H and O–H groups in total. The van der Waals surface area contributed by atoms with E-state index in [-0.39, 0.29) is 0 Å². The standard InChI is InChI=1S/C14H12O3/c1-7-5-8(2)9-3-4-10-12(11(9)6-7)14(16)17-13(10)15/h5-6H,3-4H2,1-2H3. The van der Waals surface area contributed by atoms with Crippen molar-refractivity contribution in [2.45, 2.75) is 26.7 Å². The highest BCUT2D eigenvalue weighted by Gasteiger charge is 2.37. The van der Waals surface area contributed by atoms with Gasteiger partial charge in [-0.1, -0.05) is 17.7 Å². The van der Waals surface area contributed by atoms with Gasteiger partial charge in [0.2, 0.25) is 0 Å². The monoisotopic (exact) mass is 228 g/mol. The molecule has 1 aliphatic carbocycles. The van der Waals surface area contributed by atoms with Gasteiger partial charge in [-0.15, -0.1) is 0 Å². The van der Waals surface area contributed by atoms with E-state index >= 15 is 0 Å². The molecule has 1 aliphatic heterocycles. The zero-order chi connectivity index (χ0) is 12.2. The Morgan fingerprint density at radius 1 is 1.06 bits per heavy atom. The molecule has 0 amide bonds. The average molecular weight is 228 g/mol. The first-order valence-electron chi connectivity index (χ1n) is 5.68. The zero-order valence-corrected chi connectivity index (χ0v) is 9.79. The average Bonchev–Trinajstić information content (AvgIpc) is 2.54. The van der Waals surface area contributed by atoms with Crippen molar-refractivity contribution in [2.75, 3.05) is 0 Å². The van der Waals surface area contributed by atoms with E-state index in [4.69, 9.17) is 4.74 Å². The normalized spacial score (nSPS) is 18.0. The molecule has 0 fully saturated rings. The second kappa shape index (κ2) is 3.29. The van der Waals surface area contributed by atoms with Crippen molar-refractivity contribution < 1.29 is 14.3 Å². The summed E-state index contributed by atoms with van der Waals surface area (Å²) in [5.41, 5.74) is 5.37. The summed E-state index contributed by atoms with van der Waals surface area (Å²) in [6.45, 7) is 4.03. The van der Waals surface area contributed by atoms with Crippen molar-refractivity contribution >= 4 is 17.5 Å². The first kappa shape index (κ1) is 10.3. The van der Waals surface area contributed by atoms with Crippen molar-refractivity contribution in [3.05, 3.63) is 40.0 Å². The lowest BCUT2D eigenvalue weighted by Crippen LogP contribution is -2.09. The minimum Gasteiger partial charge on any atom is -0.386 e. The minimum atomic E-state index is -0.490. The summed E-state index contributed by atoms with van der Waals surface area (Å²) in [5.74, 6) is -0.953. The van der Waals surface area contributed by atoms with Gasteiger partial charge in [-0.2, -0.15) is 0 Å². The highest BCUT2D eigenvalue weighted by Crippen LogP contribution is 2.38. The highest BCUT2D eigenvalue weighted by molar-refractivity contribution is 6.31. The van der Waals surface area contributed by atoms with E-state index in [2.05, 4.69) is 6.07 Å². The van der Waals surface area contributed by atoms with Crippen LogP contribution in [-0.4, -0.2) is 11.9 Å². The third-order valence-corrected chi connectivity index (χ3v) is 3.45. The van der Waals surface area contributed by atoms with Crippen LogP contribution in [0, 0.1) is 13.8 Å². The second-order valence-corrected chi connectivity index (χ2v) is 4.64. The van der Waals surface area contributed by atoms with Gasteiger partial charge in [-0.25, -0.2) is 9.59 Å². The molecular formula is C14H12O3. The van der Waals surface area contributed by atoms with Crippen LogP contribution < -0.4 is 0 Å². The maximum atomic E-state index is 11.7. The molecule has 1 heterocycles. The van der Waals surface area contributed by atoms with Gasteiger partial charge in [-0.3, -0.25) is 0 Å². The van der Waals surface area contributed by atoms with E-state index < -0.39 is 11.9 Å². The van der Waals surface area contributed by atoms with E-state index in [1.165, 1.54) is 11.1 Å². The van der Waals surface area contributed by atoms with Crippen LogP contribution in [0.25, 0.3) is 5.57 Å². The maximum absolute atomic E-state index is 11.7. The molecule has 1 aromatic carbocycles. The zero-order valence-electron chi connectivity index (χ0n) is 9.79.